The monoisotopic (exact) mass is 1670 g/mol. The van der Waals surface area contributed by atoms with E-state index >= 15 is 0 Å². The number of hydrogen-bond donors (Lipinski definition) is 8. The predicted molar refractivity (Wildman–Crippen MR) is 477 cm³/mol. The zero-order valence-electron chi connectivity index (χ0n) is 70.9. The Bertz CT molecular complexity index is 6370. The molecule has 15 aromatic rings. The molecule has 0 saturated carbocycles. The van der Waals surface area contributed by atoms with E-state index in [1.165, 1.54) is 19.0 Å². The Hall–Kier alpha value is -14.9. The maximum atomic E-state index is 12.7. The van der Waals surface area contributed by atoms with Crippen LogP contribution in [-0.2, 0) is 33.5 Å². The van der Waals surface area contributed by atoms with Gasteiger partial charge in [-0.05, 0) is 150 Å². The van der Waals surface area contributed by atoms with Crippen LogP contribution < -0.4 is 44.2 Å². The van der Waals surface area contributed by atoms with Gasteiger partial charge in [0.1, 0.15) is 100 Å². The standard InChI is InChI=1S/3C23H25N7O.C22H22ClN5O2/c1-14-5-8-16(9-6-14)19-18-20(24)27-13-28-21(18)30(29-19)23(3,4)12-26-22(31)17-10-7-15(2)11-25-17;1-14-7-9-16(10-8-14)19-17-20(24)27-13-28-21(17)30(29-19)23(3,4)12-26-22(31)18-15(2)6-5-11-25-18;1-14-8-10-16(11-9-14)19-18-20(24)26-13-27-21(18)30(29-19)23(3,4)12-25-22(31)17-7-5-6-15(2)28-17;1-22(2,14-26-21(29)30-13-15-6-4-3-5-7-15)28-20(25)18(12-24)19(27-28)16-8-10-17(23)11-9-16/h2*5-11,13H,12H2,1-4H3,(H,26,31)(H2,24,27,28);5-11,13H,12H2,1-4H3,(H,25,31)(H2,24,26,27);3-11H,13-14,25H2,1-2H3,(H,26,29). The molecule has 0 radical (unpaired) electrons. The molecule has 5 aromatic carbocycles. The maximum absolute atomic E-state index is 12.7. The number of carbonyl (C=O) groups is 4. The Labute approximate surface area is 716 Å². The predicted octanol–water partition coefficient (Wildman–Crippen LogP) is 14.1. The van der Waals surface area contributed by atoms with Gasteiger partial charge in [-0.15, -0.1) is 0 Å². The molecular weight excluding hydrogens is 1570 g/mol. The normalized spacial score (nSPS) is 11.5. The van der Waals surface area contributed by atoms with Crippen molar-refractivity contribution >= 4 is 91.8 Å². The van der Waals surface area contributed by atoms with Gasteiger partial charge in [-0.25, -0.2) is 58.4 Å². The fraction of sp³-hybridized carbons (Fsp3) is 0.253. The minimum atomic E-state index is -0.702. The van der Waals surface area contributed by atoms with Crippen LogP contribution in [0.2, 0.25) is 5.02 Å². The smallest absolute Gasteiger partial charge is 0.407 e. The lowest BCUT2D eigenvalue weighted by molar-refractivity contribution is 0.0923. The van der Waals surface area contributed by atoms with E-state index in [2.05, 4.69) is 77.3 Å². The molecule has 0 spiro atoms. The molecule has 12 N–H and O–H groups in total. The first-order valence-corrected chi connectivity index (χ1v) is 39.8. The number of anilines is 4. The lowest BCUT2D eigenvalue weighted by Crippen LogP contribution is -2.42. The number of pyridine rings is 3. The molecule has 0 fully saturated rings. The number of amides is 4. The lowest BCUT2D eigenvalue weighted by Gasteiger charge is -2.26. The van der Waals surface area contributed by atoms with E-state index in [9.17, 15) is 24.4 Å². The molecule has 628 valence electrons. The number of nitrogens with one attached hydrogen (secondary N) is 4. The molecule has 123 heavy (non-hydrogen) atoms. The fourth-order valence-corrected chi connectivity index (χ4v) is 13.4. The molecule has 0 atom stereocenters. The van der Waals surface area contributed by atoms with Crippen molar-refractivity contribution in [1.29, 1.82) is 5.26 Å². The number of alkyl carbamates (subject to hydrolysis) is 1. The second-order valence-corrected chi connectivity index (χ2v) is 32.6. The number of nitriles is 1. The van der Waals surface area contributed by atoms with Crippen LogP contribution in [0, 0.1) is 52.9 Å². The highest BCUT2D eigenvalue weighted by molar-refractivity contribution is 6.30. The van der Waals surface area contributed by atoms with Gasteiger partial charge < -0.3 is 48.9 Å². The number of hydrogen-bond acceptors (Lipinski definition) is 23. The van der Waals surface area contributed by atoms with Crippen LogP contribution >= 0.6 is 11.6 Å². The van der Waals surface area contributed by atoms with Gasteiger partial charge in [0.05, 0.1) is 38.3 Å². The Morgan fingerprint density at radius 1 is 0.423 bits per heavy atom. The summed E-state index contributed by atoms with van der Waals surface area (Å²) in [6.07, 6.45) is 7.03. The van der Waals surface area contributed by atoms with Gasteiger partial charge in [0.25, 0.3) is 17.7 Å². The first-order valence-electron chi connectivity index (χ1n) is 39.4. The van der Waals surface area contributed by atoms with E-state index < -0.39 is 28.2 Å². The van der Waals surface area contributed by atoms with Crippen LogP contribution in [0.1, 0.15) is 131 Å². The lowest BCUT2D eigenvalue weighted by atomic mass is 10.1. The van der Waals surface area contributed by atoms with Gasteiger partial charge in [0.15, 0.2) is 16.9 Å². The molecule has 0 aliphatic rings. The molecule has 10 heterocycles. The van der Waals surface area contributed by atoms with Crippen LogP contribution in [0.15, 0.2) is 201 Å². The summed E-state index contributed by atoms with van der Waals surface area (Å²) >= 11 is 5.95. The molecule has 15 rings (SSSR count). The Balaban J connectivity index is 0.000000150. The summed E-state index contributed by atoms with van der Waals surface area (Å²) in [4.78, 5) is 88.5. The van der Waals surface area contributed by atoms with Gasteiger partial charge in [0, 0.05) is 71.5 Å². The Kier molecular flexibility index (Phi) is 26.4. The second kappa shape index (κ2) is 37.2. The van der Waals surface area contributed by atoms with Gasteiger partial charge in [-0.3, -0.25) is 24.4 Å². The number of fused-ring (bicyclic) bond motifs is 3. The number of nitrogen functional groups attached to an aromatic ring is 4. The third-order valence-corrected chi connectivity index (χ3v) is 20.6. The summed E-state index contributed by atoms with van der Waals surface area (Å²) in [5, 5.41) is 43.0. The molecule has 0 bridgehead atoms. The number of aromatic nitrogens is 17. The SMILES string of the molecule is CC(C)(CNC(=O)OCc1ccccc1)n1nc(-c2ccc(Cl)cc2)c(C#N)c1N.Cc1ccc(-c2nn(C(C)(C)CNC(=O)c3ccc(C)cn3)c3ncnc(N)c23)cc1.Cc1ccc(-c2nn(C(C)(C)CNC(=O)c3cccc(C)n3)c3ncnc(N)c23)cc1.Cc1ccc(-c2nn(C(C)(C)CNC(=O)c3ncccc3C)c3ncnc(N)c23)cc1. The number of benzene rings is 5. The van der Waals surface area contributed by atoms with Crippen molar-refractivity contribution in [3.05, 3.63) is 268 Å². The Morgan fingerprint density at radius 3 is 1.26 bits per heavy atom. The molecule has 0 aliphatic carbocycles. The van der Waals surface area contributed by atoms with Crippen LogP contribution in [0.25, 0.3) is 78.1 Å². The maximum Gasteiger partial charge on any atom is 0.407 e. The van der Waals surface area contributed by atoms with Crippen molar-refractivity contribution in [3.63, 3.8) is 0 Å². The van der Waals surface area contributed by atoms with Gasteiger partial charge in [-0.1, -0.05) is 162 Å². The minimum absolute atomic E-state index is 0.177. The van der Waals surface area contributed by atoms with E-state index in [-0.39, 0.29) is 42.3 Å². The van der Waals surface area contributed by atoms with E-state index in [0.29, 0.717) is 115 Å². The van der Waals surface area contributed by atoms with E-state index in [0.717, 1.165) is 61.3 Å². The number of aryl methyl sites for hydroxylation is 6. The summed E-state index contributed by atoms with van der Waals surface area (Å²) in [6, 6.07) is 55.4. The topological polar surface area (TPSA) is 441 Å². The number of nitrogens with two attached hydrogens (primary N) is 4. The highest BCUT2D eigenvalue weighted by Gasteiger charge is 2.34. The molecule has 0 unspecified atom stereocenters. The molecule has 10 aromatic heterocycles. The van der Waals surface area contributed by atoms with Gasteiger partial charge in [0.2, 0.25) is 0 Å². The molecule has 0 aliphatic heterocycles. The largest absolute Gasteiger partial charge is 0.445 e. The van der Waals surface area contributed by atoms with Crippen LogP contribution in [0.3, 0.4) is 0 Å². The Morgan fingerprint density at radius 2 is 0.829 bits per heavy atom. The number of nitrogens with zero attached hydrogens (tertiary/aromatic N) is 18. The molecule has 4 amide bonds. The number of halogens is 1. The second-order valence-electron chi connectivity index (χ2n) is 32.2. The first kappa shape index (κ1) is 87.4. The van der Waals surface area contributed by atoms with Crippen molar-refractivity contribution in [2.45, 2.75) is 126 Å². The van der Waals surface area contributed by atoms with E-state index in [1.807, 2.05) is 230 Å². The average Bonchev–Trinajstić information content (AvgIpc) is 1.61. The molecule has 31 nitrogen and oxygen atoms in total. The van der Waals surface area contributed by atoms with Crippen molar-refractivity contribution < 1.29 is 23.9 Å². The molecular formula is C91H97ClN26O5. The van der Waals surface area contributed by atoms with Crippen LogP contribution in [0.4, 0.5) is 28.1 Å². The molecule has 32 heteroatoms. The summed E-state index contributed by atoms with van der Waals surface area (Å²) in [6.45, 7) is 28.8. The van der Waals surface area contributed by atoms with Crippen molar-refractivity contribution in [2.24, 2.45) is 0 Å². The highest BCUT2D eigenvalue weighted by atomic mass is 35.5. The van der Waals surface area contributed by atoms with Gasteiger partial charge in [-0.2, -0.15) is 25.7 Å². The number of carbonyl (C=O) groups excluding carboxylic acids is 4. The van der Waals surface area contributed by atoms with Crippen LogP contribution in [0.5, 0.6) is 0 Å². The van der Waals surface area contributed by atoms with E-state index in [1.54, 1.807) is 67.5 Å². The summed E-state index contributed by atoms with van der Waals surface area (Å²) in [5.41, 5.74) is 38.8. The fourth-order valence-electron chi connectivity index (χ4n) is 13.3. The quantitative estimate of drug-likeness (QED) is 0.0331. The van der Waals surface area contributed by atoms with E-state index in [4.69, 9.17) is 54.6 Å². The third kappa shape index (κ3) is 20.3. The number of ether oxygens (including phenoxy) is 1. The highest BCUT2D eigenvalue weighted by Crippen LogP contribution is 2.38. The zero-order valence-corrected chi connectivity index (χ0v) is 71.6. The van der Waals surface area contributed by atoms with Gasteiger partial charge >= 0.3 is 6.09 Å². The average molecular weight is 1670 g/mol. The molecule has 0 saturated heterocycles. The first-order chi connectivity index (χ1) is 58.6. The van der Waals surface area contributed by atoms with Crippen molar-refractivity contribution in [2.75, 3.05) is 49.1 Å². The summed E-state index contributed by atoms with van der Waals surface area (Å²) < 4.78 is 12.2. The summed E-state index contributed by atoms with van der Waals surface area (Å²) in [7, 11) is 0. The minimum Gasteiger partial charge on any atom is -0.445 e. The van der Waals surface area contributed by atoms with Crippen LogP contribution in [-0.4, -0.2) is 134 Å². The van der Waals surface area contributed by atoms with Crippen molar-refractivity contribution in [1.82, 2.24) is 105 Å². The summed E-state index contributed by atoms with van der Waals surface area (Å²) in [5.74, 6) is 0.642. The number of rotatable bonds is 21. The van der Waals surface area contributed by atoms with Crippen molar-refractivity contribution in [3.8, 4) is 51.1 Å². The zero-order chi connectivity index (χ0) is 88.2. The third-order valence-electron chi connectivity index (χ3n) is 20.3.